The molecule has 0 bridgehead atoms. The molecule has 0 radical (unpaired) electrons. The molecule has 0 aliphatic rings. The standard InChI is InChI=1S/C36H28O16/c37-22-6-2-16(11-25(22)40)1-4-20(34(46)52-36(48)49)9-18-10-21-30(31(51-32(21)28(43)13-18)19-5-8-24(39)27(42)15-19)35(47)50-29(33(44)45)14-17-3-7-23(38)26(41)12-17/h2-3,5-13,15,29,37-43H,1,4,14H2,(H,44,45)(H,48,49)/b20-9+. The minimum Gasteiger partial charge on any atom is -0.504 e. The predicted octanol–water partition coefficient (Wildman–Crippen LogP) is 5.13. The lowest BCUT2D eigenvalue weighted by Crippen LogP contribution is -2.29. The van der Waals surface area contributed by atoms with Crippen molar-refractivity contribution in [2.24, 2.45) is 0 Å². The SMILES string of the molecule is O=C(O)OC(=O)/C(=C/c1cc(O)c2oc(-c3ccc(O)c(O)c3)c(C(=O)OC(Cc3ccc(O)c(O)c3)C(=O)O)c2c1)CCc1ccc(O)c(O)c1. The maximum atomic E-state index is 13.9. The fraction of sp³-hybridized carbons (Fsp3) is 0.111. The van der Waals surface area contributed by atoms with E-state index in [2.05, 4.69) is 4.74 Å². The molecule has 1 unspecified atom stereocenters. The lowest BCUT2D eigenvalue weighted by molar-refractivity contribution is -0.147. The highest BCUT2D eigenvalue weighted by Gasteiger charge is 2.31. The van der Waals surface area contributed by atoms with Gasteiger partial charge in [0.2, 0.25) is 6.10 Å². The average Bonchev–Trinajstić information content (AvgIpc) is 3.47. The Bertz CT molecular complexity index is 2260. The van der Waals surface area contributed by atoms with E-state index in [0.29, 0.717) is 5.56 Å². The van der Waals surface area contributed by atoms with Crippen LogP contribution in [0.4, 0.5) is 4.79 Å². The van der Waals surface area contributed by atoms with E-state index in [9.17, 15) is 60.0 Å². The van der Waals surface area contributed by atoms with Gasteiger partial charge in [-0.3, -0.25) is 0 Å². The maximum absolute atomic E-state index is 13.9. The smallest absolute Gasteiger partial charge is 0.504 e. The van der Waals surface area contributed by atoms with Crippen molar-refractivity contribution < 1.29 is 79.0 Å². The van der Waals surface area contributed by atoms with Crippen LogP contribution >= 0.6 is 0 Å². The third kappa shape index (κ3) is 7.92. The van der Waals surface area contributed by atoms with Crippen LogP contribution < -0.4 is 0 Å². The van der Waals surface area contributed by atoms with Gasteiger partial charge in [-0.1, -0.05) is 12.1 Å². The van der Waals surface area contributed by atoms with E-state index < -0.39 is 76.6 Å². The molecular formula is C36H28O16. The van der Waals surface area contributed by atoms with Gasteiger partial charge in [-0.05, 0) is 90.2 Å². The Labute approximate surface area is 291 Å². The molecule has 16 heteroatoms. The number of carboxylic acid groups (broad SMARTS) is 2. The van der Waals surface area contributed by atoms with E-state index in [1.54, 1.807) is 0 Å². The zero-order chi connectivity index (χ0) is 37.9. The number of carbonyl (C=O) groups excluding carboxylic acids is 2. The topological polar surface area (TPSA) is 282 Å². The number of hydrogen-bond acceptors (Lipinski definition) is 14. The summed E-state index contributed by atoms with van der Waals surface area (Å²) in [5.41, 5.74) is -0.429. The minimum atomic E-state index is -1.91. The normalized spacial score (nSPS) is 12.0. The van der Waals surface area contributed by atoms with E-state index in [4.69, 9.17) is 14.3 Å². The molecule has 1 aromatic heterocycles. The highest BCUT2D eigenvalue weighted by molar-refractivity contribution is 6.11. The number of ether oxygens (including phenoxy) is 2. The van der Waals surface area contributed by atoms with Crippen molar-refractivity contribution in [3.05, 3.63) is 94.6 Å². The van der Waals surface area contributed by atoms with Crippen molar-refractivity contribution in [3.8, 4) is 51.6 Å². The highest BCUT2D eigenvalue weighted by Crippen LogP contribution is 2.42. The molecule has 0 spiro atoms. The fourth-order valence-electron chi connectivity index (χ4n) is 5.22. The van der Waals surface area contributed by atoms with Gasteiger partial charge in [-0.15, -0.1) is 0 Å². The highest BCUT2D eigenvalue weighted by atomic mass is 16.7. The molecule has 1 atom stereocenters. The Morgan fingerprint density at radius 1 is 0.692 bits per heavy atom. The third-order valence-corrected chi connectivity index (χ3v) is 7.73. The van der Waals surface area contributed by atoms with E-state index in [1.165, 1.54) is 36.4 Å². The molecule has 52 heavy (non-hydrogen) atoms. The van der Waals surface area contributed by atoms with Gasteiger partial charge in [0.1, 0.15) is 11.3 Å². The number of esters is 2. The van der Waals surface area contributed by atoms with Crippen LogP contribution in [0.25, 0.3) is 28.4 Å². The number of phenols is 7. The number of phenolic OH excluding ortho intramolecular Hbond substituents is 7. The van der Waals surface area contributed by atoms with Crippen molar-refractivity contribution in [1.29, 1.82) is 0 Å². The summed E-state index contributed by atoms with van der Waals surface area (Å²) in [5.74, 6) is -8.10. The molecule has 0 amide bonds. The van der Waals surface area contributed by atoms with E-state index in [-0.39, 0.29) is 57.6 Å². The fourth-order valence-corrected chi connectivity index (χ4v) is 5.22. The summed E-state index contributed by atoms with van der Waals surface area (Å²) >= 11 is 0. The van der Waals surface area contributed by atoms with E-state index in [1.807, 2.05) is 0 Å². The number of aliphatic carboxylic acids is 1. The molecule has 16 nitrogen and oxygen atoms in total. The van der Waals surface area contributed by atoms with Gasteiger partial charge in [-0.2, -0.15) is 0 Å². The minimum absolute atomic E-state index is 0.000184. The zero-order valence-electron chi connectivity index (χ0n) is 26.5. The van der Waals surface area contributed by atoms with Gasteiger partial charge in [-0.25, -0.2) is 19.2 Å². The van der Waals surface area contributed by atoms with Crippen LogP contribution in [0, 0.1) is 0 Å². The molecule has 9 N–H and O–H groups in total. The molecule has 0 fully saturated rings. The number of fused-ring (bicyclic) bond motifs is 1. The van der Waals surface area contributed by atoms with Gasteiger partial charge in [0, 0.05) is 22.9 Å². The Balaban J connectivity index is 1.61. The van der Waals surface area contributed by atoms with E-state index >= 15 is 0 Å². The van der Waals surface area contributed by atoms with Gasteiger partial charge in [0.05, 0.1) is 0 Å². The Morgan fingerprint density at radius 3 is 1.88 bits per heavy atom. The van der Waals surface area contributed by atoms with Gasteiger partial charge < -0.3 is 59.8 Å². The van der Waals surface area contributed by atoms with Crippen LogP contribution in [0.2, 0.25) is 0 Å². The van der Waals surface area contributed by atoms with Gasteiger partial charge in [0.15, 0.2) is 45.8 Å². The molecule has 1 heterocycles. The predicted molar refractivity (Wildman–Crippen MR) is 177 cm³/mol. The Kier molecular flexibility index (Phi) is 10.1. The van der Waals surface area contributed by atoms with Gasteiger partial charge in [0.25, 0.3) is 0 Å². The molecule has 0 aliphatic carbocycles. The number of rotatable bonds is 11. The molecule has 0 saturated carbocycles. The number of hydrogen-bond donors (Lipinski definition) is 9. The first-order valence-electron chi connectivity index (χ1n) is 15.0. The van der Waals surface area contributed by atoms with Crippen molar-refractivity contribution in [1.82, 2.24) is 0 Å². The summed E-state index contributed by atoms with van der Waals surface area (Å²) in [6.07, 6.45) is -3.23. The number of carbonyl (C=O) groups is 4. The Morgan fingerprint density at radius 2 is 1.29 bits per heavy atom. The maximum Gasteiger partial charge on any atom is 0.513 e. The lowest BCUT2D eigenvalue weighted by atomic mass is 9.99. The summed E-state index contributed by atoms with van der Waals surface area (Å²) in [6.45, 7) is 0. The summed E-state index contributed by atoms with van der Waals surface area (Å²) in [6, 6.07) is 13.1. The molecule has 0 saturated heterocycles. The summed E-state index contributed by atoms with van der Waals surface area (Å²) in [4.78, 5) is 50.1. The molecular weight excluding hydrogens is 688 g/mol. The largest absolute Gasteiger partial charge is 0.513 e. The number of aryl methyl sites for hydroxylation is 1. The Hall–Kier alpha value is -7.36. The lowest BCUT2D eigenvalue weighted by Gasteiger charge is -2.15. The van der Waals surface area contributed by atoms with Crippen LogP contribution in [0.3, 0.4) is 0 Å². The molecule has 5 rings (SSSR count). The van der Waals surface area contributed by atoms with E-state index in [0.717, 1.165) is 36.4 Å². The zero-order valence-corrected chi connectivity index (χ0v) is 26.5. The molecule has 268 valence electrons. The number of benzene rings is 4. The van der Waals surface area contributed by atoms with Crippen LogP contribution in [0.1, 0.15) is 33.5 Å². The van der Waals surface area contributed by atoms with Crippen LogP contribution in [0.15, 0.2) is 76.7 Å². The van der Waals surface area contributed by atoms with Crippen molar-refractivity contribution in [3.63, 3.8) is 0 Å². The summed E-state index contributed by atoms with van der Waals surface area (Å²) in [7, 11) is 0. The van der Waals surface area contributed by atoms with Crippen molar-refractivity contribution >= 4 is 41.1 Å². The van der Waals surface area contributed by atoms with Crippen LogP contribution in [-0.2, 0) is 31.9 Å². The monoisotopic (exact) mass is 716 g/mol. The molecule has 0 aliphatic heterocycles. The number of furan rings is 1. The second-order valence-electron chi connectivity index (χ2n) is 11.3. The quantitative estimate of drug-likeness (QED) is 0.0371. The second-order valence-corrected chi connectivity index (χ2v) is 11.3. The third-order valence-electron chi connectivity index (χ3n) is 7.73. The summed E-state index contributed by atoms with van der Waals surface area (Å²) < 4.78 is 15.5. The molecule has 4 aromatic carbocycles. The number of aromatic hydroxyl groups is 7. The van der Waals surface area contributed by atoms with Crippen molar-refractivity contribution in [2.45, 2.75) is 25.4 Å². The van der Waals surface area contributed by atoms with Gasteiger partial charge >= 0.3 is 24.1 Å². The first kappa shape index (κ1) is 35.9. The molecule has 5 aromatic rings. The van der Waals surface area contributed by atoms with Crippen LogP contribution in [-0.4, -0.2) is 76.1 Å². The second kappa shape index (κ2) is 14.6. The average molecular weight is 717 g/mol. The first-order chi connectivity index (χ1) is 24.6. The number of carboxylic acids is 1. The first-order valence-corrected chi connectivity index (χ1v) is 15.0. The van der Waals surface area contributed by atoms with Crippen LogP contribution in [0.5, 0.6) is 40.2 Å². The summed E-state index contributed by atoms with van der Waals surface area (Å²) in [5, 5.41) is 88.8. The van der Waals surface area contributed by atoms with Crippen molar-refractivity contribution in [2.75, 3.05) is 0 Å².